The quantitative estimate of drug-likeness (QED) is 0.396. The highest BCUT2D eigenvalue weighted by molar-refractivity contribution is 6.46. The Balaban J connectivity index is 1.51. The average molecular weight is 490 g/mol. The number of benzene rings is 1. The predicted molar refractivity (Wildman–Crippen MR) is 133 cm³/mol. The second-order valence-electron chi connectivity index (χ2n) is 9.59. The van der Waals surface area contributed by atoms with Crippen LogP contribution in [0, 0.1) is 0 Å². The number of amides is 2. The van der Waals surface area contributed by atoms with Gasteiger partial charge < -0.3 is 19.6 Å². The summed E-state index contributed by atoms with van der Waals surface area (Å²) in [6.45, 7) is 2.93. The monoisotopic (exact) mass is 489 g/mol. The molecule has 8 nitrogen and oxygen atoms in total. The van der Waals surface area contributed by atoms with E-state index >= 15 is 0 Å². The number of aromatic nitrogens is 1. The number of fused-ring (bicyclic) bond motifs is 1. The van der Waals surface area contributed by atoms with Gasteiger partial charge in [-0.1, -0.05) is 12.1 Å². The van der Waals surface area contributed by atoms with Gasteiger partial charge in [0.25, 0.3) is 11.7 Å². The normalized spacial score (nSPS) is 22.0. The molecule has 1 N–H and O–H groups in total. The topological polar surface area (TPSA) is 100 Å². The van der Waals surface area contributed by atoms with Gasteiger partial charge in [-0.2, -0.15) is 0 Å². The maximum Gasteiger partial charge on any atom is 0.409 e. The molecule has 1 aliphatic carbocycles. The Hall–Kier alpha value is -3.68. The summed E-state index contributed by atoms with van der Waals surface area (Å²) in [6, 6.07) is 8.40. The van der Waals surface area contributed by atoms with Gasteiger partial charge in [0.2, 0.25) is 0 Å². The van der Waals surface area contributed by atoms with Gasteiger partial charge in [0.15, 0.2) is 0 Å². The standard InChI is InChI=1S/C28H31N3O5/c1-2-36-28(35)30-15-11-22(12-16-30)31-24(19-9-13-29-14-10-19)23(26(33)27(31)34)25(32)21-8-7-18-5-3-4-6-20(18)17-21/h7-10,13-14,17,22,24,32H,2-6,11-12,15-16H2,1H3/b25-23-. The number of nitrogens with zero attached hydrogens (tertiary/aromatic N) is 3. The summed E-state index contributed by atoms with van der Waals surface area (Å²) >= 11 is 0. The molecule has 0 bridgehead atoms. The number of carbonyl (C=O) groups is 3. The Bertz CT molecular complexity index is 1200. The van der Waals surface area contributed by atoms with Gasteiger partial charge >= 0.3 is 6.09 Å². The molecular weight excluding hydrogens is 458 g/mol. The highest BCUT2D eigenvalue weighted by Crippen LogP contribution is 2.42. The summed E-state index contributed by atoms with van der Waals surface area (Å²) in [6.07, 6.45) is 8.13. The van der Waals surface area contributed by atoms with E-state index in [1.54, 1.807) is 41.2 Å². The van der Waals surface area contributed by atoms with Crippen molar-refractivity contribution in [1.29, 1.82) is 0 Å². The maximum absolute atomic E-state index is 13.4. The van der Waals surface area contributed by atoms with Crippen LogP contribution in [-0.2, 0) is 27.2 Å². The van der Waals surface area contributed by atoms with E-state index in [1.807, 2.05) is 18.2 Å². The van der Waals surface area contributed by atoms with E-state index in [1.165, 1.54) is 11.1 Å². The molecule has 1 aromatic carbocycles. The molecule has 2 saturated heterocycles. The first-order valence-electron chi connectivity index (χ1n) is 12.7. The van der Waals surface area contributed by atoms with Gasteiger partial charge in [0, 0.05) is 37.1 Å². The number of carbonyl (C=O) groups excluding carboxylic acids is 3. The second kappa shape index (κ2) is 10.1. The highest BCUT2D eigenvalue weighted by Gasteiger charge is 2.49. The molecule has 36 heavy (non-hydrogen) atoms. The van der Waals surface area contributed by atoms with Crippen molar-refractivity contribution in [3.63, 3.8) is 0 Å². The third-order valence-corrected chi connectivity index (χ3v) is 7.51. The fourth-order valence-corrected chi connectivity index (χ4v) is 5.68. The number of aliphatic hydroxyl groups is 1. The van der Waals surface area contributed by atoms with Crippen LogP contribution in [0.2, 0.25) is 0 Å². The van der Waals surface area contributed by atoms with Crippen molar-refractivity contribution in [3.8, 4) is 0 Å². The van der Waals surface area contributed by atoms with Gasteiger partial charge in [0.1, 0.15) is 5.76 Å². The number of aliphatic hydroxyl groups excluding tert-OH is 1. The number of piperidine rings is 1. The zero-order valence-corrected chi connectivity index (χ0v) is 20.5. The molecule has 0 saturated carbocycles. The van der Waals surface area contributed by atoms with E-state index in [0.29, 0.717) is 38.1 Å². The number of hydrogen-bond donors (Lipinski definition) is 1. The van der Waals surface area contributed by atoms with Crippen molar-refractivity contribution in [1.82, 2.24) is 14.8 Å². The number of Topliss-reactive ketones (excluding diaryl/α,β-unsaturated/α-hetero) is 1. The lowest BCUT2D eigenvalue weighted by Gasteiger charge is -2.38. The summed E-state index contributed by atoms with van der Waals surface area (Å²) in [4.78, 5) is 46.3. The Morgan fingerprint density at radius 2 is 1.75 bits per heavy atom. The van der Waals surface area contributed by atoms with Gasteiger partial charge in [0.05, 0.1) is 18.2 Å². The highest BCUT2D eigenvalue weighted by atomic mass is 16.6. The van der Waals surface area contributed by atoms with Crippen molar-refractivity contribution in [3.05, 3.63) is 70.6 Å². The number of pyridine rings is 1. The number of aryl methyl sites for hydroxylation is 2. The minimum atomic E-state index is -0.719. The van der Waals surface area contributed by atoms with Crippen molar-refractivity contribution < 1.29 is 24.2 Å². The first-order chi connectivity index (χ1) is 17.5. The van der Waals surface area contributed by atoms with Gasteiger partial charge in [-0.25, -0.2) is 4.79 Å². The number of ketones is 1. The van der Waals surface area contributed by atoms with E-state index in [4.69, 9.17) is 4.74 Å². The van der Waals surface area contributed by atoms with E-state index in [0.717, 1.165) is 31.2 Å². The van der Waals surface area contributed by atoms with Crippen molar-refractivity contribution >= 4 is 23.5 Å². The summed E-state index contributed by atoms with van der Waals surface area (Å²) in [5, 5.41) is 11.4. The molecule has 1 atom stereocenters. The molecule has 1 aromatic heterocycles. The van der Waals surface area contributed by atoms with Crippen LogP contribution in [0.1, 0.15) is 60.9 Å². The van der Waals surface area contributed by atoms with Crippen LogP contribution < -0.4 is 0 Å². The van der Waals surface area contributed by atoms with E-state index in [2.05, 4.69) is 4.98 Å². The van der Waals surface area contributed by atoms with Gasteiger partial charge in [-0.3, -0.25) is 14.6 Å². The number of hydrogen-bond acceptors (Lipinski definition) is 6. The predicted octanol–water partition coefficient (Wildman–Crippen LogP) is 4.00. The molecule has 3 heterocycles. The molecule has 188 valence electrons. The lowest BCUT2D eigenvalue weighted by molar-refractivity contribution is -0.142. The fourth-order valence-electron chi connectivity index (χ4n) is 5.68. The fraction of sp³-hybridized carbons (Fsp3) is 0.429. The average Bonchev–Trinajstić information content (AvgIpc) is 3.18. The molecule has 2 aliphatic heterocycles. The minimum absolute atomic E-state index is 0.106. The number of ether oxygens (including phenoxy) is 1. The first-order valence-corrected chi connectivity index (χ1v) is 12.7. The van der Waals surface area contributed by atoms with Crippen LogP contribution in [-0.4, -0.2) is 63.4 Å². The van der Waals surface area contributed by atoms with Crippen LogP contribution in [0.15, 0.2) is 48.3 Å². The number of likely N-dealkylation sites (tertiary alicyclic amines) is 2. The molecule has 3 aliphatic rings. The zero-order chi connectivity index (χ0) is 25.2. The molecule has 1 unspecified atom stereocenters. The molecule has 2 amide bonds. The molecule has 2 aromatic rings. The molecule has 0 spiro atoms. The van der Waals surface area contributed by atoms with Crippen LogP contribution in [0.25, 0.3) is 5.76 Å². The van der Waals surface area contributed by atoms with Crippen molar-refractivity contribution in [2.75, 3.05) is 19.7 Å². The van der Waals surface area contributed by atoms with Gasteiger partial charge in [-0.15, -0.1) is 0 Å². The van der Waals surface area contributed by atoms with E-state index in [-0.39, 0.29) is 23.5 Å². The third-order valence-electron chi connectivity index (χ3n) is 7.51. The summed E-state index contributed by atoms with van der Waals surface area (Å²) in [5.74, 6) is -1.44. The van der Waals surface area contributed by atoms with Gasteiger partial charge in [-0.05, 0) is 80.3 Å². The Labute approximate surface area is 210 Å². The largest absolute Gasteiger partial charge is 0.507 e. The first kappa shape index (κ1) is 24.0. The summed E-state index contributed by atoms with van der Waals surface area (Å²) < 4.78 is 5.11. The molecule has 2 fully saturated rings. The molecule has 0 radical (unpaired) electrons. The lowest BCUT2D eigenvalue weighted by Crippen LogP contribution is -2.48. The third kappa shape index (κ3) is 4.36. The SMILES string of the molecule is CCOC(=O)N1CCC(N2C(=O)C(=O)/C(=C(\O)c3ccc4c(c3)CCCC4)C2c2ccncc2)CC1. The lowest BCUT2D eigenvalue weighted by atomic mass is 9.88. The minimum Gasteiger partial charge on any atom is -0.507 e. The Morgan fingerprint density at radius 3 is 2.44 bits per heavy atom. The smallest absolute Gasteiger partial charge is 0.409 e. The zero-order valence-electron chi connectivity index (χ0n) is 20.5. The van der Waals surface area contributed by atoms with Crippen LogP contribution in [0.3, 0.4) is 0 Å². The molecule has 5 rings (SSSR count). The van der Waals surface area contributed by atoms with E-state index < -0.39 is 17.7 Å². The second-order valence-corrected chi connectivity index (χ2v) is 9.59. The maximum atomic E-state index is 13.4. The number of rotatable bonds is 4. The Kier molecular flexibility index (Phi) is 6.76. The molecular formula is C28H31N3O5. The van der Waals surface area contributed by atoms with Crippen LogP contribution in [0.4, 0.5) is 4.79 Å². The van der Waals surface area contributed by atoms with Crippen molar-refractivity contribution in [2.24, 2.45) is 0 Å². The Morgan fingerprint density at radius 1 is 1.06 bits per heavy atom. The van der Waals surface area contributed by atoms with Crippen molar-refractivity contribution in [2.45, 2.75) is 57.5 Å². The summed E-state index contributed by atoms with van der Waals surface area (Å²) in [7, 11) is 0. The summed E-state index contributed by atoms with van der Waals surface area (Å²) in [5.41, 5.74) is 3.85. The van der Waals surface area contributed by atoms with Crippen LogP contribution in [0.5, 0.6) is 0 Å². The van der Waals surface area contributed by atoms with E-state index in [9.17, 15) is 19.5 Å². The van der Waals surface area contributed by atoms with Crippen LogP contribution >= 0.6 is 0 Å². The molecule has 8 heteroatoms.